The van der Waals surface area contributed by atoms with Crippen molar-refractivity contribution in [1.82, 2.24) is 10.2 Å². The molecule has 4 nitrogen and oxygen atoms in total. The first-order chi connectivity index (χ1) is 10.5. The van der Waals surface area contributed by atoms with Crippen LogP contribution in [-0.4, -0.2) is 30.8 Å². The van der Waals surface area contributed by atoms with E-state index in [0.29, 0.717) is 17.7 Å². The molecule has 114 valence electrons. The molecule has 0 saturated carbocycles. The first-order valence-electron chi connectivity index (χ1n) is 7.13. The molecule has 0 aliphatic carbocycles. The van der Waals surface area contributed by atoms with Crippen molar-refractivity contribution in [3.63, 3.8) is 0 Å². The Labute approximate surface area is 130 Å². The van der Waals surface area contributed by atoms with Gasteiger partial charge >= 0.3 is 0 Å². The quantitative estimate of drug-likeness (QED) is 0.943. The number of amides is 2. The minimum Gasteiger partial charge on any atom is -0.348 e. The molecule has 4 heteroatoms. The second-order valence-corrected chi connectivity index (χ2v) is 5.45. The van der Waals surface area contributed by atoms with Crippen molar-refractivity contribution in [3.05, 3.63) is 70.8 Å². The zero-order chi connectivity index (χ0) is 16.1. The Morgan fingerprint density at radius 1 is 1.00 bits per heavy atom. The molecule has 2 rings (SSSR count). The zero-order valence-electron chi connectivity index (χ0n) is 13.1. The molecule has 0 aliphatic heterocycles. The Hall–Kier alpha value is -2.62. The van der Waals surface area contributed by atoms with E-state index < -0.39 is 0 Å². The lowest BCUT2D eigenvalue weighted by molar-refractivity contribution is 0.0827. The second-order valence-electron chi connectivity index (χ2n) is 5.45. The van der Waals surface area contributed by atoms with Crippen molar-refractivity contribution in [2.24, 2.45) is 0 Å². The fourth-order valence-electron chi connectivity index (χ4n) is 2.09. The number of hydrogen-bond acceptors (Lipinski definition) is 2. The molecule has 0 aromatic heterocycles. The number of benzene rings is 2. The van der Waals surface area contributed by atoms with Crippen LogP contribution in [0.4, 0.5) is 0 Å². The number of rotatable bonds is 4. The fourth-order valence-corrected chi connectivity index (χ4v) is 2.09. The maximum Gasteiger partial charge on any atom is 0.253 e. The first-order valence-corrected chi connectivity index (χ1v) is 7.13. The van der Waals surface area contributed by atoms with E-state index in [9.17, 15) is 9.59 Å². The van der Waals surface area contributed by atoms with E-state index >= 15 is 0 Å². The molecule has 0 heterocycles. The van der Waals surface area contributed by atoms with Crippen LogP contribution in [0.25, 0.3) is 0 Å². The van der Waals surface area contributed by atoms with Crippen LogP contribution in [0.15, 0.2) is 48.5 Å². The minimum absolute atomic E-state index is 0.0321. The molecular weight excluding hydrogens is 276 g/mol. The number of nitrogens with zero attached hydrogens (tertiary/aromatic N) is 1. The third-order valence-electron chi connectivity index (χ3n) is 3.34. The van der Waals surface area contributed by atoms with Gasteiger partial charge in [-0.2, -0.15) is 0 Å². The van der Waals surface area contributed by atoms with E-state index in [1.165, 1.54) is 4.90 Å². The maximum absolute atomic E-state index is 12.1. The smallest absolute Gasteiger partial charge is 0.253 e. The van der Waals surface area contributed by atoms with Crippen LogP contribution in [0.5, 0.6) is 0 Å². The largest absolute Gasteiger partial charge is 0.348 e. The number of hydrogen-bond donors (Lipinski definition) is 1. The van der Waals surface area contributed by atoms with Crippen molar-refractivity contribution >= 4 is 11.8 Å². The summed E-state index contributed by atoms with van der Waals surface area (Å²) in [7, 11) is 3.44. The van der Waals surface area contributed by atoms with Gasteiger partial charge < -0.3 is 10.2 Å². The van der Waals surface area contributed by atoms with Gasteiger partial charge in [-0.05, 0) is 36.8 Å². The van der Waals surface area contributed by atoms with E-state index in [-0.39, 0.29) is 11.8 Å². The van der Waals surface area contributed by atoms with E-state index in [2.05, 4.69) is 5.32 Å². The van der Waals surface area contributed by atoms with Crippen molar-refractivity contribution < 1.29 is 9.59 Å². The summed E-state index contributed by atoms with van der Waals surface area (Å²) in [5, 5.41) is 2.88. The van der Waals surface area contributed by atoms with Gasteiger partial charge in [0.2, 0.25) is 0 Å². The summed E-state index contributed by atoms with van der Waals surface area (Å²) in [4.78, 5) is 25.4. The molecule has 0 atom stereocenters. The van der Waals surface area contributed by atoms with Crippen molar-refractivity contribution in [1.29, 1.82) is 0 Å². The SMILES string of the molecule is Cc1cccc(C(=O)NCc2ccc(C(=O)N(C)C)cc2)c1. The third-order valence-corrected chi connectivity index (χ3v) is 3.34. The Morgan fingerprint density at radius 3 is 2.27 bits per heavy atom. The van der Waals surface area contributed by atoms with Gasteiger partial charge in [0.15, 0.2) is 0 Å². The standard InChI is InChI=1S/C18H20N2O2/c1-13-5-4-6-16(11-13)17(21)19-12-14-7-9-15(10-8-14)18(22)20(2)3/h4-11H,12H2,1-3H3,(H,19,21). The van der Waals surface area contributed by atoms with Gasteiger partial charge in [-0.25, -0.2) is 0 Å². The van der Waals surface area contributed by atoms with Crippen LogP contribution in [0, 0.1) is 6.92 Å². The van der Waals surface area contributed by atoms with Crippen molar-refractivity contribution in [2.75, 3.05) is 14.1 Å². The van der Waals surface area contributed by atoms with Gasteiger partial charge in [-0.3, -0.25) is 9.59 Å². The van der Waals surface area contributed by atoms with Gasteiger partial charge in [0.25, 0.3) is 11.8 Å². The maximum atomic E-state index is 12.1. The van der Waals surface area contributed by atoms with Crippen molar-refractivity contribution in [2.45, 2.75) is 13.5 Å². The molecule has 0 fully saturated rings. The number of carbonyl (C=O) groups excluding carboxylic acids is 2. The van der Waals surface area contributed by atoms with E-state index in [1.54, 1.807) is 32.3 Å². The molecule has 2 amide bonds. The summed E-state index contributed by atoms with van der Waals surface area (Å²) >= 11 is 0. The summed E-state index contributed by atoms with van der Waals surface area (Å²) in [5.41, 5.74) is 3.30. The number of nitrogens with one attached hydrogen (secondary N) is 1. The summed E-state index contributed by atoms with van der Waals surface area (Å²) in [6, 6.07) is 14.7. The molecule has 0 unspecified atom stereocenters. The number of aryl methyl sites for hydroxylation is 1. The Bertz CT molecular complexity index is 676. The van der Waals surface area contributed by atoms with Gasteiger partial charge in [0.05, 0.1) is 0 Å². The summed E-state index contributed by atoms with van der Waals surface area (Å²) in [6.45, 7) is 2.39. The van der Waals surface area contributed by atoms with E-state index in [1.807, 2.05) is 37.3 Å². The topological polar surface area (TPSA) is 49.4 Å². The van der Waals surface area contributed by atoms with Crippen LogP contribution in [0.1, 0.15) is 31.8 Å². The first kappa shape index (κ1) is 15.8. The molecule has 22 heavy (non-hydrogen) atoms. The fraction of sp³-hybridized carbons (Fsp3) is 0.222. The van der Waals surface area contributed by atoms with Crippen LogP contribution in [0.2, 0.25) is 0 Å². The molecule has 0 bridgehead atoms. The lowest BCUT2D eigenvalue weighted by atomic mass is 10.1. The predicted molar refractivity (Wildman–Crippen MR) is 86.8 cm³/mol. The Kier molecular flexibility index (Phi) is 4.94. The van der Waals surface area contributed by atoms with Crippen LogP contribution in [0.3, 0.4) is 0 Å². The average Bonchev–Trinajstić information content (AvgIpc) is 2.52. The minimum atomic E-state index is -0.0999. The molecule has 0 saturated heterocycles. The monoisotopic (exact) mass is 296 g/mol. The highest BCUT2D eigenvalue weighted by Crippen LogP contribution is 2.08. The molecule has 0 spiro atoms. The average molecular weight is 296 g/mol. The highest BCUT2D eigenvalue weighted by molar-refractivity contribution is 5.94. The second kappa shape index (κ2) is 6.89. The summed E-state index contributed by atoms with van der Waals surface area (Å²) < 4.78 is 0. The highest BCUT2D eigenvalue weighted by Gasteiger charge is 2.08. The molecule has 2 aromatic carbocycles. The van der Waals surface area contributed by atoms with Crippen molar-refractivity contribution in [3.8, 4) is 0 Å². The van der Waals surface area contributed by atoms with Gasteiger partial charge in [0, 0.05) is 31.8 Å². The van der Waals surface area contributed by atoms with E-state index in [4.69, 9.17) is 0 Å². The lowest BCUT2D eigenvalue weighted by Crippen LogP contribution is -2.23. The predicted octanol–water partition coefficient (Wildman–Crippen LogP) is 2.63. The molecule has 0 radical (unpaired) electrons. The molecule has 0 aliphatic rings. The van der Waals surface area contributed by atoms with Crippen LogP contribution >= 0.6 is 0 Å². The molecule has 2 aromatic rings. The Morgan fingerprint density at radius 2 is 1.68 bits per heavy atom. The summed E-state index contributed by atoms with van der Waals surface area (Å²) in [5.74, 6) is -0.132. The van der Waals surface area contributed by atoms with Gasteiger partial charge in [-0.1, -0.05) is 29.8 Å². The normalized spacial score (nSPS) is 10.1. The Balaban J connectivity index is 1.97. The molecular formula is C18H20N2O2. The zero-order valence-corrected chi connectivity index (χ0v) is 13.1. The lowest BCUT2D eigenvalue weighted by Gasteiger charge is -2.11. The molecule has 1 N–H and O–H groups in total. The summed E-state index contributed by atoms with van der Waals surface area (Å²) in [6.07, 6.45) is 0. The van der Waals surface area contributed by atoms with E-state index in [0.717, 1.165) is 11.1 Å². The van der Waals surface area contributed by atoms with Gasteiger partial charge in [-0.15, -0.1) is 0 Å². The van der Waals surface area contributed by atoms with Crippen LogP contribution in [-0.2, 0) is 6.54 Å². The highest BCUT2D eigenvalue weighted by atomic mass is 16.2. The number of carbonyl (C=O) groups is 2. The van der Waals surface area contributed by atoms with Gasteiger partial charge in [0.1, 0.15) is 0 Å². The van der Waals surface area contributed by atoms with Crippen LogP contribution < -0.4 is 5.32 Å². The third kappa shape index (κ3) is 3.95.